The van der Waals surface area contributed by atoms with Crippen molar-refractivity contribution in [3.05, 3.63) is 48.7 Å². The first-order chi connectivity index (χ1) is 16.9. The fourth-order valence-corrected chi connectivity index (χ4v) is 3.65. The molecule has 10 heteroatoms. The number of pyridine rings is 1. The molecule has 0 spiro atoms. The maximum Gasteiger partial charge on any atom is 0.188 e. The first-order valence-corrected chi connectivity index (χ1v) is 11.3. The van der Waals surface area contributed by atoms with Crippen LogP contribution >= 0.6 is 0 Å². The number of methoxy groups -OCH3 is 2. The monoisotopic (exact) mass is 480 g/mol. The lowest BCUT2D eigenvalue weighted by atomic mass is 10.2. The Hall–Kier alpha value is -3.79. The van der Waals surface area contributed by atoms with Gasteiger partial charge in [0.05, 0.1) is 44.1 Å². The molecule has 0 aliphatic heterocycles. The molecule has 3 aromatic heterocycles. The normalized spacial score (nSPS) is 11.3. The van der Waals surface area contributed by atoms with E-state index in [1.807, 2.05) is 33.2 Å². The molecular formula is C25H29FN6O3. The van der Waals surface area contributed by atoms with E-state index in [0.29, 0.717) is 48.0 Å². The van der Waals surface area contributed by atoms with Gasteiger partial charge in [0.1, 0.15) is 17.1 Å². The number of ether oxygens (including phenoxy) is 3. The highest BCUT2D eigenvalue weighted by molar-refractivity contribution is 5.77. The summed E-state index contributed by atoms with van der Waals surface area (Å²) in [6.07, 6.45) is 6.03. The van der Waals surface area contributed by atoms with Crippen LogP contribution in [-0.2, 0) is 11.8 Å². The Morgan fingerprint density at radius 1 is 1.09 bits per heavy atom. The Morgan fingerprint density at radius 2 is 1.91 bits per heavy atom. The Balaban J connectivity index is 1.77. The van der Waals surface area contributed by atoms with Crippen molar-refractivity contribution >= 4 is 22.7 Å². The Labute approximate surface area is 203 Å². The zero-order valence-electron chi connectivity index (χ0n) is 20.5. The first-order valence-electron chi connectivity index (χ1n) is 11.3. The molecule has 4 rings (SSSR count). The van der Waals surface area contributed by atoms with E-state index in [4.69, 9.17) is 19.2 Å². The van der Waals surface area contributed by atoms with Crippen LogP contribution in [-0.4, -0.2) is 58.2 Å². The summed E-state index contributed by atoms with van der Waals surface area (Å²) < 4.78 is 33.5. The lowest BCUT2D eigenvalue weighted by Crippen LogP contribution is -2.23. The van der Waals surface area contributed by atoms with E-state index in [-0.39, 0.29) is 17.5 Å². The van der Waals surface area contributed by atoms with Crippen LogP contribution in [0.5, 0.6) is 11.5 Å². The molecular weight excluding hydrogens is 451 g/mol. The molecule has 0 saturated heterocycles. The van der Waals surface area contributed by atoms with Crippen molar-refractivity contribution in [1.82, 2.24) is 24.7 Å². The highest BCUT2D eigenvalue weighted by atomic mass is 19.1. The predicted octanol–water partition coefficient (Wildman–Crippen LogP) is 4.53. The van der Waals surface area contributed by atoms with E-state index in [2.05, 4.69) is 15.1 Å². The lowest BCUT2D eigenvalue weighted by Gasteiger charge is -2.26. The number of rotatable bonds is 10. The highest BCUT2D eigenvalue weighted by Crippen LogP contribution is 2.36. The number of hydrogen-bond acceptors (Lipinski definition) is 8. The maximum absolute atomic E-state index is 15.4. The zero-order chi connectivity index (χ0) is 24.9. The molecule has 1 aromatic carbocycles. The van der Waals surface area contributed by atoms with Gasteiger partial charge in [0.25, 0.3) is 0 Å². The molecule has 0 bridgehead atoms. The number of fused-ring (bicyclic) bond motifs is 1. The van der Waals surface area contributed by atoms with Gasteiger partial charge in [0, 0.05) is 44.1 Å². The number of halogens is 1. The van der Waals surface area contributed by atoms with Gasteiger partial charge < -0.3 is 19.1 Å². The average molecular weight is 481 g/mol. The fourth-order valence-electron chi connectivity index (χ4n) is 3.65. The van der Waals surface area contributed by atoms with Gasteiger partial charge in [-0.05, 0) is 32.4 Å². The van der Waals surface area contributed by atoms with Gasteiger partial charge in [-0.3, -0.25) is 9.67 Å². The molecule has 0 atom stereocenters. The minimum Gasteiger partial charge on any atom is -0.497 e. The molecule has 0 N–H and O–H groups in total. The van der Waals surface area contributed by atoms with Gasteiger partial charge in [0.2, 0.25) is 0 Å². The molecule has 4 aromatic rings. The largest absolute Gasteiger partial charge is 0.497 e. The number of aromatic nitrogens is 5. The standard InChI is InChI=1S/C25H29FN6O3/c1-16(2)35-10-6-9-32(21-11-18(33-4)12-22(34-5)24(21)26)23-8-7-19-25(30-23)29-20(14-27-19)17-13-28-31(3)15-17/h7-8,11-16H,6,9-10H2,1-5H3. The average Bonchev–Trinajstić information content (AvgIpc) is 3.30. The van der Waals surface area contributed by atoms with Crippen molar-refractivity contribution < 1.29 is 18.6 Å². The fraction of sp³-hybridized carbons (Fsp3) is 0.360. The third kappa shape index (κ3) is 5.48. The van der Waals surface area contributed by atoms with Crippen molar-refractivity contribution in [2.45, 2.75) is 26.4 Å². The van der Waals surface area contributed by atoms with Crippen LogP contribution in [0.15, 0.2) is 42.9 Å². The number of aryl methyl sites for hydroxylation is 1. The second-order valence-corrected chi connectivity index (χ2v) is 8.26. The van der Waals surface area contributed by atoms with Crippen molar-refractivity contribution in [2.24, 2.45) is 7.05 Å². The zero-order valence-corrected chi connectivity index (χ0v) is 20.5. The Bertz CT molecular complexity index is 1310. The molecule has 3 heterocycles. The smallest absolute Gasteiger partial charge is 0.188 e. The van der Waals surface area contributed by atoms with Crippen LogP contribution in [0.1, 0.15) is 20.3 Å². The van der Waals surface area contributed by atoms with E-state index >= 15 is 4.39 Å². The second-order valence-electron chi connectivity index (χ2n) is 8.26. The third-order valence-electron chi connectivity index (χ3n) is 5.39. The van der Waals surface area contributed by atoms with Crippen LogP contribution < -0.4 is 14.4 Å². The van der Waals surface area contributed by atoms with Gasteiger partial charge in [-0.1, -0.05) is 0 Å². The van der Waals surface area contributed by atoms with Crippen molar-refractivity contribution in [1.29, 1.82) is 0 Å². The van der Waals surface area contributed by atoms with Gasteiger partial charge in [0.15, 0.2) is 17.2 Å². The maximum atomic E-state index is 15.4. The first kappa shape index (κ1) is 24.3. The number of anilines is 2. The number of benzene rings is 1. The molecule has 0 amide bonds. The topological polar surface area (TPSA) is 87.4 Å². The molecule has 35 heavy (non-hydrogen) atoms. The summed E-state index contributed by atoms with van der Waals surface area (Å²) in [5.74, 6) is 0.576. The molecule has 9 nitrogen and oxygen atoms in total. The van der Waals surface area contributed by atoms with Crippen LogP contribution in [0.3, 0.4) is 0 Å². The Kier molecular flexibility index (Phi) is 7.40. The molecule has 0 saturated carbocycles. The minimum absolute atomic E-state index is 0.0854. The van der Waals surface area contributed by atoms with Gasteiger partial charge in [-0.25, -0.2) is 14.4 Å². The minimum atomic E-state index is -0.504. The van der Waals surface area contributed by atoms with E-state index in [1.54, 1.807) is 34.1 Å². The second kappa shape index (κ2) is 10.6. The SMILES string of the molecule is COc1cc(OC)c(F)c(N(CCCOC(C)C)c2ccc3ncc(-c4cnn(C)c4)nc3n2)c1. The highest BCUT2D eigenvalue weighted by Gasteiger charge is 2.21. The van der Waals surface area contributed by atoms with E-state index in [9.17, 15) is 0 Å². The summed E-state index contributed by atoms with van der Waals surface area (Å²) in [7, 11) is 4.79. The molecule has 0 aliphatic rings. The number of hydrogen-bond donors (Lipinski definition) is 0. The van der Waals surface area contributed by atoms with Crippen LogP contribution in [0.2, 0.25) is 0 Å². The quantitative estimate of drug-likeness (QED) is 0.306. The van der Waals surface area contributed by atoms with E-state index in [1.165, 1.54) is 20.3 Å². The summed E-state index contributed by atoms with van der Waals surface area (Å²) in [5.41, 5.74) is 2.85. The van der Waals surface area contributed by atoms with Crippen LogP contribution in [0.25, 0.3) is 22.4 Å². The van der Waals surface area contributed by atoms with Gasteiger partial charge in [-0.15, -0.1) is 0 Å². The van der Waals surface area contributed by atoms with Crippen LogP contribution in [0, 0.1) is 5.82 Å². The van der Waals surface area contributed by atoms with Crippen molar-refractivity contribution in [2.75, 3.05) is 32.3 Å². The van der Waals surface area contributed by atoms with E-state index in [0.717, 1.165) is 5.56 Å². The Morgan fingerprint density at radius 3 is 2.60 bits per heavy atom. The molecule has 0 radical (unpaired) electrons. The molecule has 0 unspecified atom stereocenters. The lowest BCUT2D eigenvalue weighted by molar-refractivity contribution is 0.0782. The summed E-state index contributed by atoms with van der Waals surface area (Å²) in [6.45, 7) is 4.94. The summed E-state index contributed by atoms with van der Waals surface area (Å²) >= 11 is 0. The van der Waals surface area contributed by atoms with Crippen molar-refractivity contribution in [3.63, 3.8) is 0 Å². The van der Waals surface area contributed by atoms with Crippen molar-refractivity contribution in [3.8, 4) is 22.8 Å². The van der Waals surface area contributed by atoms with Crippen LogP contribution in [0.4, 0.5) is 15.9 Å². The number of nitrogens with zero attached hydrogens (tertiary/aromatic N) is 6. The summed E-state index contributed by atoms with van der Waals surface area (Å²) in [4.78, 5) is 15.7. The third-order valence-corrected chi connectivity index (χ3v) is 5.39. The summed E-state index contributed by atoms with van der Waals surface area (Å²) in [5, 5.41) is 4.20. The molecule has 0 fully saturated rings. The van der Waals surface area contributed by atoms with E-state index < -0.39 is 5.82 Å². The molecule has 0 aliphatic carbocycles. The van der Waals surface area contributed by atoms with Gasteiger partial charge >= 0.3 is 0 Å². The molecule has 184 valence electrons. The predicted molar refractivity (Wildman–Crippen MR) is 132 cm³/mol. The summed E-state index contributed by atoms with van der Waals surface area (Å²) in [6, 6.07) is 6.77. The van der Waals surface area contributed by atoms with Gasteiger partial charge in [-0.2, -0.15) is 5.10 Å².